The van der Waals surface area contributed by atoms with Crippen LogP contribution in [0.3, 0.4) is 0 Å². The lowest BCUT2D eigenvalue weighted by Gasteiger charge is -2.25. The molecular weight excluding hydrogens is 435 g/mol. The quantitative estimate of drug-likeness (QED) is 0.428. The minimum Gasteiger partial charge on any atom is -0.375 e. The smallest absolute Gasteiger partial charge is 0.375 e. The predicted octanol–water partition coefficient (Wildman–Crippen LogP) is 4.50. The first-order valence-electron chi connectivity index (χ1n) is 9.35. The van der Waals surface area contributed by atoms with E-state index < -0.39 is 27.6 Å². The van der Waals surface area contributed by atoms with Gasteiger partial charge in [0.2, 0.25) is 0 Å². The van der Waals surface area contributed by atoms with Crippen LogP contribution in [0.2, 0.25) is 0 Å². The lowest BCUT2D eigenvalue weighted by atomic mass is 9.96. The van der Waals surface area contributed by atoms with E-state index in [9.17, 15) is 26.9 Å². The molecular formula is C20H16F3N3O4S. The Morgan fingerprint density at radius 3 is 2.68 bits per heavy atom. The van der Waals surface area contributed by atoms with Gasteiger partial charge in [-0.1, -0.05) is 24.3 Å². The zero-order chi connectivity index (χ0) is 22.2. The average Bonchev–Trinajstić information content (AvgIpc) is 3.21. The van der Waals surface area contributed by atoms with Crippen molar-refractivity contribution >= 4 is 20.9 Å². The summed E-state index contributed by atoms with van der Waals surface area (Å²) in [6.07, 6.45) is 3.25. The van der Waals surface area contributed by atoms with Gasteiger partial charge in [0.15, 0.2) is 12.0 Å². The van der Waals surface area contributed by atoms with Crippen LogP contribution in [0.5, 0.6) is 5.75 Å². The van der Waals surface area contributed by atoms with Gasteiger partial charge in [-0.05, 0) is 36.8 Å². The summed E-state index contributed by atoms with van der Waals surface area (Å²) >= 11 is 0. The Labute approximate surface area is 175 Å². The standard InChI is InChI=1S/C20H16F3N3O4S/c21-20(22,23)31(27,28)30-17-11-13-5-1-2-6-14(13)15(12-24)19(17)16-8-9-25-26(16)18-7-3-4-10-29-18/h1-2,5-6,8-9,11,18H,3-4,7,10H2. The molecule has 1 aliphatic rings. The minimum atomic E-state index is -5.97. The summed E-state index contributed by atoms with van der Waals surface area (Å²) < 4.78 is 74.4. The predicted molar refractivity (Wildman–Crippen MR) is 104 cm³/mol. The molecule has 0 spiro atoms. The molecule has 0 aliphatic carbocycles. The Hall–Kier alpha value is -3.10. The van der Waals surface area contributed by atoms with Gasteiger partial charge in [-0.25, -0.2) is 4.68 Å². The van der Waals surface area contributed by atoms with E-state index >= 15 is 0 Å². The number of ether oxygens (including phenoxy) is 1. The molecule has 1 fully saturated rings. The highest BCUT2D eigenvalue weighted by molar-refractivity contribution is 7.88. The summed E-state index contributed by atoms with van der Waals surface area (Å²) in [5.74, 6) is -0.606. The second kappa shape index (κ2) is 7.86. The van der Waals surface area contributed by atoms with E-state index in [0.29, 0.717) is 23.8 Å². The number of fused-ring (bicyclic) bond motifs is 1. The number of halogens is 3. The van der Waals surface area contributed by atoms with E-state index in [4.69, 9.17) is 4.74 Å². The second-order valence-corrected chi connectivity index (χ2v) is 8.46. The van der Waals surface area contributed by atoms with Crippen LogP contribution in [-0.2, 0) is 14.9 Å². The van der Waals surface area contributed by atoms with Crippen molar-refractivity contribution in [3.8, 4) is 23.1 Å². The fraction of sp³-hybridized carbons (Fsp3) is 0.300. The van der Waals surface area contributed by atoms with Gasteiger partial charge in [0.25, 0.3) is 0 Å². The summed E-state index contributed by atoms with van der Waals surface area (Å²) in [5.41, 5.74) is -5.53. The molecule has 2 heterocycles. The van der Waals surface area contributed by atoms with E-state index in [-0.39, 0.29) is 16.8 Å². The van der Waals surface area contributed by atoms with Crippen molar-refractivity contribution in [3.63, 3.8) is 0 Å². The highest BCUT2D eigenvalue weighted by atomic mass is 32.2. The monoisotopic (exact) mass is 451 g/mol. The molecule has 0 bridgehead atoms. The molecule has 7 nitrogen and oxygen atoms in total. The maximum atomic E-state index is 13.0. The first kappa shape index (κ1) is 21.1. The first-order chi connectivity index (χ1) is 14.7. The Balaban J connectivity index is 1.98. The molecule has 31 heavy (non-hydrogen) atoms. The third kappa shape index (κ3) is 3.84. The van der Waals surface area contributed by atoms with Crippen molar-refractivity contribution in [3.05, 3.63) is 48.2 Å². The maximum Gasteiger partial charge on any atom is 0.534 e. The molecule has 0 amide bonds. The highest BCUT2D eigenvalue weighted by Crippen LogP contribution is 2.42. The summed E-state index contributed by atoms with van der Waals surface area (Å²) in [7, 11) is -5.97. The molecule has 4 rings (SSSR count). The van der Waals surface area contributed by atoms with Crippen LogP contribution in [0, 0.1) is 11.3 Å². The highest BCUT2D eigenvalue weighted by Gasteiger charge is 2.49. The number of rotatable bonds is 4. The van der Waals surface area contributed by atoms with Crippen LogP contribution in [-0.4, -0.2) is 30.3 Å². The lowest BCUT2D eigenvalue weighted by Crippen LogP contribution is -2.28. The lowest BCUT2D eigenvalue weighted by molar-refractivity contribution is -0.0500. The summed E-state index contributed by atoms with van der Waals surface area (Å²) in [5, 5.41) is 14.9. The number of hydrogen-bond acceptors (Lipinski definition) is 6. The van der Waals surface area contributed by atoms with Gasteiger partial charge in [0, 0.05) is 18.2 Å². The molecule has 0 saturated carbocycles. The number of aromatic nitrogens is 2. The molecule has 1 saturated heterocycles. The third-order valence-electron chi connectivity index (χ3n) is 4.96. The third-order valence-corrected chi connectivity index (χ3v) is 5.93. The minimum absolute atomic E-state index is 0.0250. The van der Waals surface area contributed by atoms with E-state index in [2.05, 4.69) is 9.28 Å². The van der Waals surface area contributed by atoms with Crippen molar-refractivity contribution in [2.45, 2.75) is 31.0 Å². The molecule has 2 aromatic carbocycles. The maximum absolute atomic E-state index is 13.0. The van der Waals surface area contributed by atoms with Crippen LogP contribution in [0.15, 0.2) is 42.6 Å². The van der Waals surface area contributed by atoms with Crippen molar-refractivity contribution in [2.75, 3.05) is 6.61 Å². The van der Waals surface area contributed by atoms with Crippen molar-refractivity contribution in [1.29, 1.82) is 5.26 Å². The molecule has 162 valence electrons. The molecule has 11 heteroatoms. The van der Waals surface area contributed by atoms with Crippen molar-refractivity contribution < 1.29 is 30.5 Å². The summed E-state index contributed by atoms with van der Waals surface area (Å²) in [6, 6.07) is 11.1. The van der Waals surface area contributed by atoms with Gasteiger partial charge >= 0.3 is 15.6 Å². The van der Waals surface area contributed by atoms with E-state index in [1.165, 1.54) is 23.0 Å². The SMILES string of the molecule is N#Cc1c(-c2ccnn2C2CCCCO2)c(OS(=O)(=O)C(F)(F)F)cc2ccccc12. The average molecular weight is 451 g/mol. The molecule has 1 unspecified atom stereocenters. The van der Waals surface area contributed by atoms with Crippen LogP contribution in [0.1, 0.15) is 31.1 Å². The molecule has 0 radical (unpaired) electrons. The van der Waals surface area contributed by atoms with Gasteiger partial charge in [-0.15, -0.1) is 0 Å². The Bertz CT molecular complexity index is 1270. The second-order valence-electron chi connectivity index (χ2n) is 6.92. The zero-order valence-corrected chi connectivity index (χ0v) is 16.8. The number of nitrogens with zero attached hydrogens (tertiary/aromatic N) is 3. The molecule has 0 N–H and O–H groups in total. The Kier molecular flexibility index (Phi) is 5.36. The molecule has 1 atom stereocenters. The van der Waals surface area contributed by atoms with Gasteiger partial charge in [-0.3, -0.25) is 0 Å². The summed E-state index contributed by atoms with van der Waals surface area (Å²) in [6.45, 7) is 0.485. The van der Waals surface area contributed by atoms with E-state index in [1.54, 1.807) is 24.3 Å². The fourth-order valence-corrected chi connectivity index (χ4v) is 4.04. The number of benzene rings is 2. The number of hydrogen-bond donors (Lipinski definition) is 0. The van der Waals surface area contributed by atoms with Crippen molar-refractivity contribution in [2.24, 2.45) is 0 Å². The van der Waals surface area contributed by atoms with Gasteiger partial charge in [0.05, 0.1) is 16.8 Å². The number of alkyl halides is 3. The van der Waals surface area contributed by atoms with E-state index in [1.807, 2.05) is 6.07 Å². The Morgan fingerprint density at radius 1 is 1.23 bits per heavy atom. The van der Waals surface area contributed by atoms with Crippen LogP contribution >= 0.6 is 0 Å². The number of nitriles is 1. The van der Waals surface area contributed by atoms with Gasteiger partial charge < -0.3 is 8.92 Å². The zero-order valence-electron chi connectivity index (χ0n) is 16.0. The van der Waals surface area contributed by atoms with Crippen LogP contribution in [0.4, 0.5) is 13.2 Å². The molecule has 1 aliphatic heterocycles. The van der Waals surface area contributed by atoms with Gasteiger partial charge in [-0.2, -0.15) is 31.9 Å². The largest absolute Gasteiger partial charge is 0.534 e. The Morgan fingerprint density at radius 2 is 2.00 bits per heavy atom. The van der Waals surface area contributed by atoms with Crippen LogP contribution < -0.4 is 4.18 Å². The summed E-state index contributed by atoms with van der Waals surface area (Å²) in [4.78, 5) is 0. The van der Waals surface area contributed by atoms with Gasteiger partial charge in [0.1, 0.15) is 6.07 Å². The van der Waals surface area contributed by atoms with E-state index in [0.717, 1.165) is 12.8 Å². The molecule has 3 aromatic rings. The van der Waals surface area contributed by atoms with Crippen molar-refractivity contribution in [1.82, 2.24) is 9.78 Å². The topological polar surface area (TPSA) is 94.2 Å². The first-order valence-corrected chi connectivity index (χ1v) is 10.8. The normalized spacial score (nSPS) is 17.4. The van der Waals surface area contributed by atoms with Crippen LogP contribution in [0.25, 0.3) is 22.0 Å². The fourth-order valence-electron chi connectivity index (χ4n) is 3.58. The molecule has 1 aromatic heterocycles.